The smallest absolute Gasteiger partial charge is 0.349 e. The number of aliphatic hydroxyl groups excluding tert-OH is 6. The first kappa shape index (κ1) is 90.8. The summed E-state index contributed by atoms with van der Waals surface area (Å²) in [6.07, 6.45) is -18.5. The molecule has 43 heteroatoms. The number of carboxylic acids is 1. The van der Waals surface area contributed by atoms with Crippen molar-refractivity contribution >= 4 is 94.0 Å². The van der Waals surface area contributed by atoms with Crippen molar-refractivity contribution in [2.24, 2.45) is 11.7 Å². The molecule has 21 N–H and O–H groups in total. The Labute approximate surface area is 711 Å². The summed E-state index contributed by atoms with van der Waals surface area (Å²) in [5.74, 6) is -20.3. The van der Waals surface area contributed by atoms with Crippen LogP contribution >= 0.6 is 35.0 Å². The zero-order chi connectivity index (χ0) is 89.1. The summed E-state index contributed by atoms with van der Waals surface area (Å²) in [6.45, 7) is 5.39. The number of aliphatic hydroxyl groups is 6. The number of alkyl halides is 2. The molecule has 123 heavy (non-hydrogen) atoms. The lowest BCUT2D eigenvalue weighted by molar-refractivity contribution is -0.334. The first-order chi connectivity index (χ1) is 58.3. The number of likely N-dealkylation sites (N-methyl/N-ethyl adjacent to an activating group) is 1. The van der Waals surface area contributed by atoms with Crippen molar-refractivity contribution < 1.29 is 131 Å². The van der Waals surface area contributed by atoms with Crippen LogP contribution in [-0.4, -0.2) is 219 Å². The van der Waals surface area contributed by atoms with Crippen molar-refractivity contribution in [3.8, 4) is 57.1 Å². The van der Waals surface area contributed by atoms with E-state index in [-0.39, 0.29) is 71.0 Å². The van der Waals surface area contributed by atoms with E-state index in [1.54, 1.807) is 20.8 Å². The molecule has 0 spiro atoms. The molecule has 7 aliphatic rings. The van der Waals surface area contributed by atoms with E-state index in [1.165, 1.54) is 61.1 Å². The molecule has 656 valence electrons. The number of primary amides is 1. The van der Waals surface area contributed by atoms with Gasteiger partial charge in [-0.05, 0) is 134 Å². The third-order valence-electron chi connectivity index (χ3n) is 21.1. The number of carbonyl (C=O) groups excluding carboxylic acids is 8. The second-order valence-corrected chi connectivity index (χ2v) is 32.1. The Hall–Kier alpha value is -11.4. The number of hydrogen-bond donors (Lipinski definition) is 20. The maximum Gasteiger partial charge on any atom is 0.349 e. The number of nitrogens with one attached hydrogen (secondary N) is 9. The van der Waals surface area contributed by atoms with Crippen molar-refractivity contribution in [2.45, 2.75) is 173 Å². The molecular weight excluding hydrogens is 1690 g/mol. The summed E-state index contributed by atoms with van der Waals surface area (Å²) in [4.78, 5) is 149. The Bertz CT molecular complexity index is 5320. The highest BCUT2D eigenvalue weighted by Crippen LogP contribution is 2.50. The molecule has 8 heterocycles. The van der Waals surface area contributed by atoms with Crippen LogP contribution in [0.25, 0.3) is 11.1 Å². The van der Waals surface area contributed by atoms with Crippen LogP contribution in [-0.2, 0) is 59.1 Å². The third-order valence-corrected chi connectivity index (χ3v) is 22.3. The normalized spacial score (nSPS) is 26.2. The van der Waals surface area contributed by atoms with Gasteiger partial charge in [0.2, 0.25) is 53.4 Å². The number of phenolic OH excluding ortho intramolecular Hbond substituents is 3. The molecule has 0 radical (unpaired) electrons. The zero-order valence-corrected chi connectivity index (χ0v) is 67.9. The fourth-order valence-corrected chi connectivity index (χ4v) is 15.8. The van der Waals surface area contributed by atoms with Crippen LogP contribution in [0.4, 0.5) is 14.6 Å². The fourth-order valence-electron chi connectivity index (χ4n) is 14.8. The van der Waals surface area contributed by atoms with Crippen LogP contribution in [0, 0.1) is 5.92 Å². The number of aromatic nitrogens is 2. The third kappa shape index (κ3) is 20.4. The largest absolute Gasteiger partial charge is 0.508 e. The lowest BCUT2D eigenvalue weighted by Gasteiger charge is -2.48. The van der Waals surface area contributed by atoms with Crippen molar-refractivity contribution in [3.05, 3.63) is 169 Å². The maximum atomic E-state index is 16.2. The minimum Gasteiger partial charge on any atom is -0.508 e. The highest BCUT2D eigenvalue weighted by atomic mass is 35.5. The fraction of sp³-hybridized carbons (Fsp3) is 0.388. The Balaban J connectivity index is 0.990. The number of aliphatic carboxylic acids is 1. The van der Waals surface area contributed by atoms with Gasteiger partial charge >= 0.3 is 11.7 Å². The summed E-state index contributed by atoms with van der Waals surface area (Å²) >= 11 is 14.5. The number of nitrogens with zero attached hydrogens (tertiary/aromatic N) is 2. The summed E-state index contributed by atoms with van der Waals surface area (Å²) in [6, 6.07) is 5.42. The van der Waals surface area contributed by atoms with E-state index in [2.05, 4.69) is 52.8 Å². The van der Waals surface area contributed by atoms with Crippen molar-refractivity contribution in [3.63, 3.8) is 0 Å². The van der Waals surface area contributed by atoms with Crippen LogP contribution in [0.5, 0.6) is 46.0 Å². The SMILES string of the molecule is CN[C@@H](CC(C)C)C(=O)N[C@H]1C(=O)N[C@@H](CC(N)=O)C(=O)NC2C(=O)N[C@@H]3C(=O)N[C@@H](C(=O)N[C@@H](C(=O)O)c4cc(O)cc(O)c4-c4cc3ccc4O)[C@H](O)c3ccc(c(Cl)c3)Oc3cc2cc(c3OC2O[C@@H](CO)[C@@H](O)[C@@H](O)[C@H]2O[C@H]2CC(C)(NCCn3ccc(NC(=O)c4cccc(SC(F)F)c4)nc3=O)[C@@H](O)[C@@H](C)O2)Oc2ccc(cc2Cl)[C@H]1O. The van der Waals surface area contributed by atoms with Gasteiger partial charge in [0.25, 0.3) is 11.7 Å². The number of aromatic hydroxyl groups is 3. The standard InChI is InChI=1S/C80H86Cl2F2N12O26S/c1-31(2)19-44(86-5)70(108)94-60-62(102)34-10-13-48(42(81)22-34)118-50-24-37-25-51(66(50)122-77-67(65(105)64(104)52(30-97)120-77)121-55-29-80(4,68(106)32(3)117-55)87-16-18-96-17-15-54(90-79(96)116)89-69(107)36-7-6-8-39(20-36)123-78(83)84)119-49-14-11-35(23-43(49)82)63(103)61-75(113)93-59(76(114)115)41-26-38(98)27-47(100)56(41)40-21-33(9-12-46(40)99)57(72(110)95-61)92-73(111)58(37)91-71(109)45(28-53(85)101)88-74(60)112/h6-15,17,20-27,31-32,44-45,52,55,57-65,67-68,77-78,86-87,97-100,102-106H,16,18-19,28-30H2,1-5H3,(H2,85,101)(H,88,112)(H,91,109)(H,92,111)(H,93,113)(H,94,108)(H,95,110)(H,114,115)(H,89,90,107,116)/t32-,44+,45+,52+,55+,57+,58?,59-,60-,61-,62-,63-,64-,65-,67-,68+,77?,80?/m1/s1. The van der Waals surface area contributed by atoms with Crippen LogP contribution in [0.3, 0.4) is 0 Å². The molecule has 7 aromatic rings. The van der Waals surface area contributed by atoms with E-state index in [1.807, 2.05) is 0 Å². The molecule has 7 aliphatic heterocycles. The van der Waals surface area contributed by atoms with Crippen molar-refractivity contribution in [1.82, 2.24) is 52.1 Å². The minimum atomic E-state index is -2.75. The van der Waals surface area contributed by atoms with Crippen molar-refractivity contribution in [2.75, 3.05) is 25.5 Å². The molecular formula is C80H86Cl2F2N12O26S. The van der Waals surface area contributed by atoms with E-state index >= 15 is 14.4 Å². The first-order valence-corrected chi connectivity index (χ1v) is 39.8. The number of hydrogen-bond acceptors (Lipinski definition) is 29. The molecule has 14 rings (SSSR count). The van der Waals surface area contributed by atoms with Gasteiger partial charge in [0.05, 0.1) is 41.3 Å². The van der Waals surface area contributed by atoms with Gasteiger partial charge in [0.15, 0.2) is 29.9 Å². The minimum absolute atomic E-state index is 0.00893. The van der Waals surface area contributed by atoms with Crippen molar-refractivity contribution in [1.29, 1.82) is 0 Å². The maximum absolute atomic E-state index is 16.2. The van der Waals surface area contributed by atoms with E-state index in [4.69, 9.17) is 57.4 Å². The number of benzene rings is 6. The van der Waals surface area contributed by atoms with Crippen LogP contribution in [0.15, 0.2) is 125 Å². The highest BCUT2D eigenvalue weighted by Gasteiger charge is 2.52. The van der Waals surface area contributed by atoms with Gasteiger partial charge in [-0.1, -0.05) is 73.1 Å². The Morgan fingerprint density at radius 2 is 1.39 bits per heavy atom. The number of fused-ring (bicyclic) bond motifs is 15. The molecule has 0 aliphatic carbocycles. The lowest BCUT2D eigenvalue weighted by Crippen LogP contribution is -2.65. The van der Waals surface area contributed by atoms with E-state index in [0.717, 1.165) is 72.8 Å². The van der Waals surface area contributed by atoms with E-state index < -0.39 is 271 Å². The number of anilines is 1. The van der Waals surface area contributed by atoms with Gasteiger partial charge < -0.3 is 133 Å². The summed E-state index contributed by atoms with van der Waals surface area (Å²) < 4.78 is 66.6. The number of thioether (sulfide) groups is 1. The summed E-state index contributed by atoms with van der Waals surface area (Å²) in [5, 5.41) is 139. The van der Waals surface area contributed by atoms with Gasteiger partial charge in [-0.25, -0.2) is 9.59 Å². The molecule has 2 fully saturated rings. The number of rotatable bonds is 21. The predicted octanol–water partition coefficient (Wildman–Crippen LogP) is 2.56. The van der Waals surface area contributed by atoms with E-state index in [9.17, 15) is 93.4 Å². The molecule has 0 saturated carbocycles. The highest BCUT2D eigenvalue weighted by molar-refractivity contribution is 7.99. The van der Waals surface area contributed by atoms with Crippen LogP contribution in [0.1, 0.15) is 115 Å². The average molecular weight is 1770 g/mol. The Morgan fingerprint density at radius 1 is 0.740 bits per heavy atom. The Morgan fingerprint density at radius 3 is 2.02 bits per heavy atom. The molecule has 6 aromatic carbocycles. The number of halogens is 4. The van der Waals surface area contributed by atoms with E-state index in [0.29, 0.717) is 0 Å². The zero-order valence-electron chi connectivity index (χ0n) is 65.6. The van der Waals surface area contributed by atoms with Gasteiger partial charge in [0, 0.05) is 64.5 Å². The summed E-state index contributed by atoms with van der Waals surface area (Å²) in [7, 11) is 1.46. The topological polar surface area (TPSA) is 580 Å². The molecule has 38 nitrogen and oxygen atoms in total. The van der Waals surface area contributed by atoms with Gasteiger partial charge in [-0.2, -0.15) is 13.8 Å². The second-order valence-electron chi connectivity index (χ2n) is 30.2. The molecule has 11 bridgehead atoms. The molecule has 18 atom stereocenters. The van der Waals surface area contributed by atoms with Gasteiger partial charge in [-0.15, -0.1) is 0 Å². The second kappa shape index (κ2) is 38.1. The average Bonchev–Trinajstić information content (AvgIpc) is 0.763. The lowest BCUT2D eigenvalue weighted by atomic mass is 9.85. The molecule has 2 saturated heterocycles. The van der Waals surface area contributed by atoms with Crippen LogP contribution < -0.4 is 73.5 Å². The number of carbonyl (C=O) groups is 9. The van der Waals surface area contributed by atoms with Crippen LogP contribution in [0.2, 0.25) is 10.0 Å². The van der Waals surface area contributed by atoms with Gasteiger partial charge in [-0.3, -0.25) is 42.9 Å². The molecule has 3 unspecified atom stereocenters. The number of phenols is 3. The number of ether oxygens (including phenoxy) is 6. The number of carboxylic acid groups (broad SMARTS) is 1. The predicted molar refractivity (Wildman–Crippen MR) is 428 cm³/mol. The quantitative estimate of drug-likeness (QED) is 0.0460. The monoisotopic (exact) mass is 1770 g/mol. The number of amides is 8. The molecule has 8 amide bonds. The van der Waals surface area contributed by atoms with Gasteiger partial charge in [0.1, 0.15) is 95.3 Å². The number of nitrogens with two attached hydrogens (primary N) is 1. The first-order valence-electron chi connectivity index (χ1n) is 38.2. The molecule has 1 aromatic heterocycles. The Kier molecular flexibility index (Phi) is 28.2. The summed E-state index contributed by atoms with van der Waals surface area (Å²) in [5.41, 5.74) is 0.423.